The third-order valence-electron chi connectivity index (χ3n) is 1.50. The SMILES string of the molecule is CCCCCCCC[O-].O=S(=O)([O-])[O-].[NH4+].[NH4+].[NH4+]. The zero-order chi connectivity index (χ0) is 11.4. The smallest absolute Gasteiger partial charge is 0.0311 e. The minimum absolute atomic E-state index is 0. The second kappa shape index (κ2) is 21.0. The molecule has 112 valence electrons. The Morgan fingerprint density at radius 3 is 1.41 bits per heavy atom. The van der Waals surface area contributed by atoms with Gasteiger partial charge in [0.25, 0.3) is 0 Å². The van der Waals surface area contributed by atoms with E-state index in [0.29, 0.717) is 0 Å². The zero-order valence-corrected chi connectivity index (χ0v) is 12.2. The van der Waals surface area contributed by atoms with Gasteiger partial charge in [0.05, 0.1) is 0 Å². The lowest BCUT2D eigenvalue weighted by Crippen LogP contribution is -2.04. The van der Waals surface area contributed by atoms with Crippen molar-refractivity contribution >= 4 is 10.4 Å². The topological polar surface area (TPSA) is 213 Å². The molecule has 0 aromatic heterocycles. The third kappa shape index (κ3) is 90.6. The molecule has 0 rings (SSSR count). The Bertz CT molecular complexity index is 185. The van der Waals surface area contributed by atoms with E-state index in [2.05, 4.69) is 6.92 Å². The molecule has 0 saturated carbocycles. The summed E-state index contributed by atoms with van der Waals surface area (Å²) in [5.74, 6) is 0. The first-order valence-electron chi connectivity index (χ1n) is 4.66. The molecule has 0 aliphatic carbocycles. The molecule has 0 radical (unpaired) electrons. The van der Waals surface area contributed by atoms with E-state index in [1.54, 1.807) is 0 Å². The van der Waals surface area contributed by atoms with Crippen LogP contribution in [0.15, 0.2) is 0 Å². The van der Waals surface area contributed by atoms with Crippen LogP contribution in [-0.4, -0.2) is 24.1 Å². The van der Waals surface area contributed by atoms with Crippen molar-refractivity contribution in [2.75, 3.05) is 6.61 Å². The maximum atomic E-state index is 9.96. The third-order valence-corrected chi connectivity index (χ3v) is 1.50. The van der Waals surface area contributed by atoms with E-state index in [1.165, 1.54) is 25.7 Å². The van der Waals surface area contributed by atoms with Gasteiger partial charge in [-0.3, -0.25) is 8.42 Å². The summed E-state index contributed by atoms with van der Waals surface area (Å²) in [5, 5.41) is 9.96. The highest BCUT2D eigenvalue weighted by molar-refractivity contribution is 7.79. The van der Waals surface area contributed by atoms with Crippen molar-refractivity contribution in [3.8, 4) is 0 Å². The Hall–Kier alpha value is -0.290. The minimum Gasteiger partial charge on any atom is -0.854 e. The Balaban J connectivity index is -0.0000000533. The minimum atomic E-state index is -5.17. The van der Waals surface area contributed by atoms with Crippen LogP contribution in [0.25, 0.3) is 0 Å². The van der Waals surface area contributed by atoms with Crippen molar-refractivity contribution in [2.45, 2.75) is 45.4 Å². The number of quaternary nitrogens is 3. The van der Waals surface area contributed by atoms with Crippen LogP contribution in [-0.2, 0) is 10.4 Å². The monoisotopic (exact) mass is 279 g/mol. The van der Waals surface area contributed by atoms with E-state index in [1.807, 2.05) is 0 Å². The van der Waals surface area contributed by atoms with Crippen LogP contribution in [0, 0.1) is 0 Å². The van der Waals surface area contributed by atoms with Crippen molar-refractivity contribution in [3.63, 3.8) is 0 Å². The van der Waals surface area contributed by atoms with Crippen LogP contribution >= 0.6 is 0 Å². The summed E-state index contributed by atoms with van der Waals surface area (Å²) in [6, 6.07) is 0. The molecule has 8 nitrogen and oxygen atoms in total. The fraction of sp³-hybridized carbons (Fsp3) is 1.00. The van der Waals surface area contributed by atoms with E-state index >= 15 is 0 Å². The first-order chi connectivity index (χ1) is 6.41. The molecule has 12 N–H and O–H groups in total. The molecule has 0 bridgehead atoms. The standard InChI is InChI=1S/C8H17O.3H3N.H2O4S/c1-2-3-4-5-6-7-8-9;;;;1-5(2,3)4/h2-8H2,1H3;3*1H3;(H2,1,2,3,4)/q-1;;;;/p+1. The Morgan fingerprint density at radius 1 is 0.824 bits per heavy atom. The Morgan fingerprint density at radius 2 is 1.12 bits per heavy atom. The lowest BCUT2D eigenvalue weighted by atomic mass is 10.1. The molecule has 0 atom stereocenters. The molecule has 0 saturated heterocycles. The molecule has 0 aliphatic heterocycles. The molecule has 0 unspecified atom stereocenters. The predicted molar refractivity (Wildman–Crippen MR) is 66.7 cm³/mol. The second-order valence-electron chi connectivity index (χ2n) is 2.88. The number of unbranched alkanes of at least 4 members (excludes halogenated alkanes) is 5. The van der Waals surface area contributed by atoms with Crippen molar-refractivity contribution in [3.05, 3.63) is 0 Å². The van der Waals surface area contributed by atoms with Gasteiger partial charge in [0.1, 0.15) is 0 Å². The second-order valence-corrected chi connectivity index (χ2v) is 3.70. The van der Waals surface area contributed by atoms with Gasteiger partial charge in [-0.15, -0.1) is 6.61 Å². The normalized spacial score (nSPS) is 8.71. The van der Waals surface area contributed by atoms with E-state index in [4.69, 9.17) is 17.5 Å². The molecular weight excluding hydrogens is 250 g/mol. The molecule has 0 aromatic rings. The summed E-state index contributed by atoms with van der Waals surface area (Å²) in [7, 11) is -5.17. The number of hydrogen-bond donors (Lipinski definition) is 3. The highest BCUT2D eigenvalue weighted by Gasteiger charge is 1.84. The lowest BCUT2D eigenvalue weighted by Gasteiger charge is -2.06. The zero-order valence-electron chi connectivity index (χ0n) is 11.4. The molecule has 0 spiro atoms. The van der Waals surface area contributed by atoms with Crippen molar-refractivity contribution < 1.29 is 22.6 Å². The first kappa shape index (κ1) is 30.1. The van der Waals surface area contributed by atoms with Gasteiger partial charge < -0.3 is 32.7 Å². The van der Waals surface area contributed by atoms with Gasteiger partial charge in [-0.2, -0.15) is 0 Å². The van der Waals surface area contributed by atoms with E-state index in [9.17, 15) is 5.11 Å². The van der Waals surface area contributed by atoms with Crippen LogP contribution in [0.1, 0.15) is 45.4 Å². The van der Waals surface area contributed by atoms with Gasteiger partial charge in [-0.1, -0.05) is 45.4 Å². The highest BCUT2D eigenvalue weighted by Crippen LogP contribution is 2.03. The van der Waals surface area contributed by atoms with E-state index < -0.39 is 10.4 Å². The average Bonchev–Trinajstić information content (AvgIpc) is 2.01. The number of hydrogen-bond acceptors (Lipinski definition) is 5. The summed E-state index contributed by atoms with van der Waals surface area (Å²) in [5.41, 5.74) is 0. The maximum Gasteiger partial charge on any atom is 0.0311 e. The van der Waals surface area contributed by atoms with Gasteiger partial charge in [-0.25, -0.2) is 0 Å². The quantitative estimate of drug-likeness (QED) is 0.373. The van der Waals surface area contributed by atoms with Gasteiger partial charge in [-0.05, 0) is 0 Å². The van der Waals surface area contributed by atoms with Crippen molar-refractivity contribution in [2.24, 2.45) is 0 Å². The highest BCUT2D eigenvalue weighted by atomic mass is 32.3. The lowest BCUT2D eigenvalue weighted by molar-refractivity contribution is -0.368. The van der Waals surface area contributed by atoms with Crippen molar-refractivity contribution in [1.29, 1.82) is 0 Å². The van der Waals surface area contributed by atoms with E-state index in [0.717, 1.165) is 12.8 Å². The fourth-order valence-electron chi connectivity index (χ4n) is 0.882. The first-order valence-corrected chi connectivity index (χ1v) is 6.00. The molecule has 0 aromatic carbocycles. The molecular formula is C8H29N3O5S. The summed E-state index contributed by atoms with van der Waals surface area (Å²) in [4.78, 5) is 0. The predicted octanol–water partition coefficient (Wildman–Crippen LogP) is 1.50. The van der Waals surface area contributed by atoms with E-state index in [-0.39, 0.29) is 25.1 Å². The molecule has 9 heteroatoms. The summed E-state index contributed by atoms with van der Waals surface area (Å²) in [6.07, 6.45) is 7.22. The van der Waals surface area contributed by atoms with Crippen LogP contribution < -0.4 is 23.6 Å². The van der Waals surface area contributed by atoms with Crippen LogP contribution in [0.4, 0.5) is 0 Å². The largest absolute Gasteiger partial charge is 0.854 e. The average molecular weight is 279 g/mol. The summed E-state index contributed by atoms with van der Waals surface area (Å²) < 4.78 is 34.1. The number of rotatable bonds is 6. The molecule has 0 amide bonds. The molecule has 0 aliphatic rings. The molecule has 0 heterocycles. The molecule has 0 fully saturated rings. The maximum absolute atomic E-state index is 9.96. The van der Waals surface area contributed by atoms with Crippen LogP contribution in [0.3, 0.4) is 0 Å². The van der Waals surface area contributed by atoms with Crippen LogP contribution in [0.2, 0.25) is 0 Å². The van der Waals surface area contributed by atoms with Crippen molar-refractivity contribution in [1.82, 2.24) is 18.5 Å². The van der Waals surface area contributed by atoms with Crippen LogP contribution in [0.5, 0.6) is 0 Å². The van der Waals surface area contributed by atoms with Gasteiger partial charge in [0.15, 0.2) is 0 Å². The van der Waals surface area contributed by atoms with Gasteiger partial charge >= 0.3 is 0 Å². The van der Waals surface area contributed by atoms with Gasteiger partial charge in [0, 0.05) is 10.4 Å². The summed E-state index contributed by atoms with van der Waals surface area (Å²) >= 11 is 0. The molecule has 17 heavy (non-hydrogen) atoms. The summed E-state index contributed by atoms with van der Waals surface area (Å²) in [6.45, 7) is 2.32. The Labute approximate surface area is 104 Å². The van der Waals surface area contributed by atoms with Gasteiger partial charge in [0.2, 0.25) is 0 Å². The fourth-order valence-corrected chi connectivity index (χ4v) is 0.882. The Kier molecular flexibility index (Phi) is 37.2.